The highest BCUT2D eigenvalue weighted by Crippen LogP contribution is 2.37. The number of hydrogen-bond acceptors (Lipinski definition) is 6. The van der Waals surface area contributed by atoms with Crippen molar-refractivity contribution >= 4 is 11.7 Å². The maximum absolute atomic E-state index is 13.0. The van der Waals surface area contributed by atoms with Crippen LogP contribution in [-0.2, 0) is 4.74 Å². The topological polar surface area (TPSA) is 61.8 Å². The molecule has 5 rings (SSSR count). The van der Waals surface area contributed by atoms with E-state index in [1.165, 1.54) is 0 Å². The van der Waals surface area contributed by atoms with Gasteiger partial charge in [-0.2, -0.15) is 0 Å². The van der Waals surface area contributed by atoms with Crippen molar-refractivity contribution in [2.45, 2.75) is 44.2 Å². The van der Waals surface area contributed by atoms with Crippen molar-refractivity contribution in [3.05, 3.63) is 54.0 Å². The molecule has 3 fully saturated rings. The molecule has 2 aromatic rings. The van der Waals surface area contributed by atoms with Crippen LogP contribution < -0.4 is 4.90 Å². The van der Waals surface area contributed by atoms with Gasteiger partial charge in [0, 0.05) is 70.5 Å². The van der Waals surface area contributed by atoms with Crippen LogP contribution in [0.1, 0.15) is 41.6 Å². The minimum absolute atomic E-state index is 0.0815. The van der Waals surface area contributed by atoms with Gasteiger partial charge in [0.25, 0.3) is 5.91 Å². The molecule has 0 N–H and O–H groups in total. The molecule has 2 aromatic heterocycles. The summed E-state index contributed by atoms with van der Waals surface area (Å²) in [6.45, 7) is 8.50. The predicted molar refractivity (Wildman–Crippen MR) is 124 cm³/mol. The van der Waals surface area contributed by atoms with Gasteiger partial charge in [0.15, 0.2) is 0 Å². The van der Waals surface area contributed by atoms with Crippen molar-refractivity contribution in [2.75, 3.05) is 50.8 Å². The van der Waals surface area contributed by atoms with E-state index in [0.717, 1.165) is 88.5 Å². The van der Waals surface area contributed by atoms with Gasteiger partial charge in [0.05, 0.1) is 11.2 Å². The zero-order valence-corrected chi connectivity index (χ0v) is 18.9. The van der Waals surface area contributed by atoms with Crippen molar-refractivity contribution in [3.63, 3.8) is 0 Å². The lowest BCUT2D eigenvalue weighted by Crippen LogP contribution is -2.57. The Morgan fingerprint density at radius 3 is 2.59 bits per heavy atom. The molecule has 1 spiro atoms. The molecular formula is C25H33N5O2. The SMILES string of the molecule is Cc1ccncc1C(=O)N1CCC2(CC1)CC(N1CCN(c3ccccn3)CC1)CCO2. The number of nitrogens with zero attached hydrogens (tertiary/aromatic N) is 5. The highest BCUT2D eigenvalue weighted by Gasteiger charge is 2.43. The average Bonchev–Trinajstić information content (AvgIpc) is 2.85. The first-order valence-corrected chi connectivity index (χ1v) is 11.9. The van der Waals surface area contributed by atoms with E-state index >= 15 is 0 Å². The third kappa shape index (κ3) is 4.36. The van der Waals surface area contributed by atoms with E-state index in [-0.39, 0.29) is 11.5 Å². The van der Waals surface area contributed by atoms with Gasteiger partial charge in [-0.15, -0.1) is 0 Å². The minimum Gasteiger partial charge on any atom is -0.375 e. The highest BCUT2D eigenvalue weighted by atomic mass is 16.5. The summed E-state index contributed by atoms with van der Waals surface area (Å²) in [5.41, 5.74) is 1.63. The molecule has 0 aromatic carbocycles. The zero-order chi connectivity index (χ0) is 22.0. The second kappa shape index (κ2) is 9.16. The summed E-state index contributed by atoms with van der Waals surface area (Å²) >= 11 is 0. The minimum atomic E-state index is -0.0815. The quantitative estimate of drug-likeness (QED) is 0.739. The number of carbonyl (C=O) groups is 1. The van der Waals surface area contributed by atoms with E-state index in [9.17, 15) is 4.79 Å². The van der Waals surface area contributed by atoms with Gasteiger partial charge in [-0.1, -0.05) is 6.07 Å². The molecule has 3 aliphatic rings. The third-order valence-electron chi connectivity index (χ3n) is 7.50. The Kier molecular flexibility index (Phi) is 6.11. The lowest BCUT2D eigenvalue weighted by molar-refractivity contribution is -0.130. The van der Waals surface area contributed by atoms with Crippen molar-refractivity contribution in [3.8, 4) is 0 Å². The fourth-order valence-electron chi connectivity index (χ4n) is 5.49. The van der Waals surface area contributed by atoms with E-state index in [2.05, 4.69) is 31.9 Å². The average molecular weight is 436 g/mol. The Labute approximate surface area is 190 Å². The molecule has 170 valence electrons. The molecular weight excluding hydrogens is 402 g/mol. The number of amides is 1. The molecule has 0 bridgehead atoms. The molecule has 0 radical (unpaired) electrons. The molecule has 7 nitrogen and oxygen atoms in total. The van der Waals surface area contributed by atoms with E-state index < -0.39 is 0 Å². The number of rotatable bonds is 3. The summed E-state index contributed by atoms with van der Waals surface area (Å²) in [6.07, 6.45) is 9.32. The Morgan fingerprint density at radius 2 is 1.88 bits per heavy atom. The van der Waals surface area contributed by atoms with Gasteiger partial charge < -0.3 is 14.5 Å². The number of aryl methyl sites for hydroxylation is 1. The van der Waals surface area contributed by atoms with E-state index in [1.807, 2.05) is 30.2 Å². The number of piperazine rings is 1. The van der Waals surface area contributed by atoms with Crippen molar-refractivity contribution < 1.29 is 9.53 Å². The lowest BCUT2D eigenvalue weighted by Gasteiger charge is -2.49. The van der Waals surface area contributed by atoms with Crippen LogP contribution in [-0.4, -0.2) is 83.2 Å². The van der Waals surface area contributed by atoms with Crippen LogP contribution in [0.25, 0.3) is 0 Å². The molecule has 0 saturated carbocycles. The number of anilines is 1. The molecule has 3 aliphatic heterocycles. The predicted octanol–water partition coefficient (Wildman–Crippen LogP) is 2.76. The summed E-state index contributed by atoms with van der Waals surface area (Å²) in [5, 5.41) is 0. The van der Waals surface area contributed by atoms with Gasteiger partial charge in [-0.25, -0.2) is 4.98 Å². The van der Waals surface area contributed by atoms with Crippen LogP contribution in [0.5, 0.6) is 0 Å². The molecule has 5 heterocycles. The Hall–Kier alpha value is -2.51. The number of hydrogen-bond donors (Lipinski definition) is 0. The number of likely N-dealkylation sites (tertiary alicyclic amines) is 1. The van der Waals surface area contributed by atoms with E-state index in [1.54, 1.807) is 12.4 Å². The van der Waals surface area contributed by atoms with Gasteiger partial charge in [0.1, 0.15) is 5.82 Å². The fourth-order valence-corrected chi connectivity index (χ4v) is 5.49. The van der Waals surface area contributed by atoms with Crippen LogP contribution >= 0.6 is 0 Å². The Morgan fingerprint density at radius 1 is 1.06 bits per heavy atom. The number of pyridine rings is 2. The number of piperidine rings is 1. The summed E-state index contributed by atoms with van der Waals surface area (Å²) in [7, 11) is 0. The first-order valence-electron chi connectivity index (χ1n) is 11.9. The number of ether oxygens (including phenoxy) is 1. The van der Waals surface area contributed by atoms with Gasteiger partial charge in [-0.3, -0.25) is 14.7 Å². The largest absolute Gasteiger partial charge is 0.375 e. The second-order valence-electron chi connectivity index (χ2n) is 9.37. The fraction of sp³-hybridized carbons (Fsp3) is 0.560. The molecule has 1 amide bonds. The van der Waals surface area contributed by atoms with Crippen molar-refractivity contribution in [1.82, 2.24) is 19.8 Å². The summed E-state index contributed by atoms with van der Waals surface area (Å²) in [5.74, 6) is 1.18. The van der Waals surface area contributed by atoms with Gasteiger partial charge in [-0.05, 0) is 56.4 Å². The van der Waals surface area contributed by atoms with E-state index in [4.69, 9.17) is 4.74 Å². The van der Waals surface area contributed by atoms with Crippen molar-refractivity contribution in [1.29, 1.82) is 0 Å². The number of carbonyl (C=O) groups excluding carboxylic acids is 1. The third-order valence-corrected chi connectivity index (χ3v) is 7.50. The van der Waals surface area contributed by atoms with Gasteiger partial charge >= 0.3 is 0 Å². The van der Waals surface area contributed by atoms with Gasteiger partial charge in [0.2, 0.25) is 0 Å². The van der Waals surface area contributed by atoms with Crippen LogP contribution in [0, 0.1) is 6.92 Å². The Balaban J connectivity index is 1.16. The first kappa shape index (κ1) is 21.3. The van der Waals surface area contributed by atoms with E-state index in [0.29, 0.717) is 6.04 Å². The second-order valence-corrected chi connectivity index (χ2v) is 9.37. The monoisotopic (exact) mass is 435 g/mol. The summed E-state index contributed by atoms with van der Waals surface area (Å²) < 4.78 is 6.38. The highest BCUT2D eigenvalue weighted by molar-refractivity contribution is 5.95. The lowest BCUT2D eigenvalue weighted by atomic mass is 9.81. The molecule has 1 unspecified atom stereocenters. The Bertz CT molecular complexity index is 921. The standard InChI is InChI=1S/C25H33N5O2/c1-20-5-10-26-19-22(20)24(31)30-11-7-25(8-12-30)18-21(6-17-32-25)28-13-15-29(16-14-28)23-4-2-3-9-27-23/h2-5,9-10,19,21H,6-8,11-18H2,1H3. The molecule has 1 atom stereocenters. The molecule has 3 saturated heterocycles. The zero-order valence-electron chi connectivity index (χ0n) is 18.9. The molecule has 32 heavy (non-hydrogen) atoms. The van der Waals surface area contributed by atoms with Crippen LogP contribution in [0.3, 0.4) is 0 Å². The summed E-state index contributed by atoms with van der Waals surface area (Å²) in [6, 6.07) is 8.60. The maximum atomic E-state index is 13.0. The van der Waals surface area contributed by atoms with Crippen LogP contribution in [0.2, 0.25) is 0 Å². The van der Waals surface area contributed by atoms with Crippen molar-refractivity contribution in [2.24, 2.45) is 0 Å². The smallest absolute Gasteiger partial charge is 0.255 e. The number of aromatic nitrogens is 2. The first-order chi connectivity index (χ1) is 15.6. The summed E-state index contributed by atoms with van der Waals surface area (Å²) in [4.78, 5) is 28.7. The van der Waals surface area contributed by atoms with Crippen LogP contribution in [0.4, 0.5) is 5.82 Å². The normalized spacial score (nSPS) is 24.0. The molecule has 7 heteroatoms. The maximum Gasteiger partial charge on any atom is 0.255 e. The van der Waals surface area contributed by atoms with Crippen LogP contribution in [0.15, 0.2) is 42.9 Å². The molecule has 0 aliphatic carbocycles.